The van der Waals surface area contributed by atoms with E-state index in [4.69, 9.17) is 0 Å². The van der Waals surface area contributed by atoms with Crippen LogP contribution >= 0.6 is 11.3 Å². The van der Waals surface area contributed by atoms with Crippen LogP contribution in [-0.2, 0) is 16.1 Å². The monoisotopic (exact) mass is 415 g/mol. The lowest BCUT2D eigenvalue weighted by Gasteiger charge is -2.33. The maximum absolute atomic E-state index is 12.8. The number of hydrogen-bond donors (Lipinski definition) is 2. The Hall–Kier alpha value is -2.52. The van der Waals surface area contributed by atoms with E-state index in [2.05, 4.69) is 22.7 Å². The minimum atomic E-state index is -0.857. The molecule has 1 spiro atoms. The number of nitrogens with zero attached hydrogens (tertiary/aromatic N) is 3. The molecule has 1 aliphatic heterocycles. The van der Waals surface area contributed by atoms with E-state index in [1.807, 2.05) is 36.2 Å². The van der Waals surface area contributed by atoms with Gasteiger partial charge in [-0.3, -0.25) is 19.9 Å². The Morgan fingerprint density at radius 3 is 2.79 bits per heavy atom. The second kappa shape index (κ2) is 7.72. The van der Waals surface area contributed by atoms with Gasteiger partial charge in [-0.05, 0) is 50.8 Å². The third-order valence-electron chi connectivity index (χ3n) is 5.68. The number of fused-ring (bicyclic) bond motifs is 1. The number of imide groups is 1. The van der Waals surface area contributed by atoms with Gasteiger partial charge in [0.25, 0.3) is 11.8 Å². The number of amides is 4. The van der Waals surface area contributed by atoms with Crippen molar-refractivity contribution in [3.63, 3.8) is 0 Å². The summed E-state index contributed by atoms with van der Waals surface area (Å²) in [5.41, 5.74) is 2.56. The average molecular weight is 416 g/mol. The van der Waals surface area contributed by atoms with Crippen LogP contribution in [0.3, 0.4) is 0 Å². The van der Waals surface area contributed by atoms with Gasteiger partial charge in [0.15, 0.2) is 0 Å². The Morgan fingerprint density at radius 2 is 2.07 bits per heavy atom. The molecule has 1 aromatic carbocycles. The molecule has 0 atom stereocenters. The van der Waals surface area contributed by atoms with Crippen LogP contribution < -0.4 is 10.7 Å². The first-order valence-corrected chi connectivity index (χ1v) is 10.7. The number of carbonyl (C=O) groups is 3. The normalized spacial score (nSPS) is 24.5. The predicted octanol–water partition coefficient (Wildman–Crippen LogP) is 2.26. The summed E-state index contributed by atoms with van der Waals surface area (Å²) in [6, 6.07) is 7.34. The van der Waals surface area contributed by atoms with Crippen LogP contribution in [0.5, 0.6) is 0 Å². The number of rotatable bonds is 5. The van der Waals surface area contributed by atoms with Crippen molar-refractivity contribution < 1.29 is 14.4 Å². The molecule has 0 bridgehead atoms. The first-order valence-electron chi connectivity index (χ1n) is 9.85. The van der Waals surface area contributed by atoms with Gasteiger partial charge in [0, 0.05) is 0 Å². The first-order chi connectivity index (χ1) is 13.9. The molecule has 2 aromatic rings. The summed E-state index contributed by atoms with van der Waals surface area (Å²) in [4.78, 5) is 43.9. The Labute approximate surface area is 173 Å². The van der Waals surface area contributed by atoms with Gasteiger partial charge < -0.3 is 5.32 Å². The Kier molecular flexibility index (Phi) is 5.26. The van der Waals surface area contributed by atoms with Crippen LogP contribution in [0.4, 0.5) is 4.79 Å². The molecular weight excluding hydrogens is 390 g/mol. The zero-order valence-corrected chi connectivity index (χ0v) is 17.4. The number of hydrazine groups is 1. The zero-order valence-electron chi connectivity index (χ0n) is 16.6. The lowest BCUT2D eigenvalue weighted by molar-refractivity contribution is -0.140. The molecule has 0 unspecified atom stereocenters. The minimum absolute atomic E-state index is 0.0526. The maximum atomic E-state index is 12.8. The van der Waals surface area contributed by atoms with Crippen LogP contribution in [0.2, 0.25) is 0 Å². The maximum Gasteiger partial charge on any atom is 0.344 e. The van der Waals surface area contributed by atoms with Crippen molar-refractivity contribution in [2.24, 2.45) is 5.92 Å². The number of benzene rings is 1. The first kappa shape index (κ1) is 19.8. The van der Waals surface area contributed by atoms with Crippen LogP contribution in [0, 0.1) is 5.92 Å². The van der Waals surface area contributed by atoms with Gasteiger partial charge in [0.1, 0.15) is 10.5 Å². The fourth-order valence-corrected chi connectivity index (χ4v) is 5.04. The molecule has 2 heterocycles. The third-order valence-corrected chi connectivity index (χ3v) is 6.70. The molecule has 8 nitrogen and oxygen atoms in total. The number of hydrogen-bond acceptors (Lipinski definition) is 6. The standard InChI is InChI=1S/C20H25N5O3S/c1-13-7-9-20(10-8-13)18(27)25(19(28)22-20)23-16(26)11-24(2)12-17-21-14-5-3-4-6-15(14)29-17/h3-6,13H,7-12H2,1-2H3,(H,22,28)(H,23,26). The summed E-state index contributed by atoms with van der Waals surface area (Å²) < 4.78 is 1.10. The molecule has 1 saturated heterocycles. The quantitative estimate of drug-likeness (QED) is 0.731. The number of thiazole rings is 1. The molecule has 4 amide bonds. The van der Waals surface area contributed by atoms with E-state index in [0.29, 0.717) is 25.3 Å². The van der Waals surface area contributed by atoms with E-state index in [0.717, 1.165) is 33.1 Å². The summed E-state index contributed by atoms with van der Waals surface area (Å²) in [5.74, 6) is -0.208. The number of para-hydroxylation sites is 1. The number of urea groups is 1. The number of likely N-dealkylation sites (N-methyl/N-ethyl adjacent to an activating group) is 1. The van der Waals surface area contributed by atoms with Gasteiger partial charge in [-0.15, -0.1) is 11.3 Å². The van der Waals surface area contributed by atoms with Crippen LogP contribution in [0.25, 0.3) is 10.2 Å². The highest BCUT2D eigenvalue weighted by molar-refractivity contribution is 7.18. The lowest BCUT2D eigenvalue weighted by Crippen LogP contribution is -2.52. The Morgan fingerprint density at radius 1 is 1.34 bits per heavy atom. The van der Waals surface area contributed by atoms with Crippen molar-refractivity contribution in [2.75, 3.05) is 13.6 Å². The highest BCUT2D eigenvalue weighted by Crippen LogP contribution is 2.35. The largest absolute Gasteiger partial charge is 0.344 e. The van der Waals surface area contributed by atoms with Gasteiger partial charge in [0.05, 0.1) is 23.3 Å². The fourth-order valence-electron chi connectivity index (χ4n) is 4.00. The Balaban J connectivity index is 1.34. The van der Waals surface area contributed by atoms with Gasteiger partial charge >= 0.3 is 6.03 Å². The van der Waals surface area contributed by atoms with E-state index in [9.17, 15) is 14.4 Å². The van der Waals surface area contributed by atoms with Crippen molar-refractivity contribution in [3.05, 3.63) is 29.3 Å². The van der Waals surface area contributed by atoms with Gasteiger partial charge in [-0.2, -0.15) is 5.01 Å². The Bertz CT molecular complexity index is 917. The van der Waals surface area contributed by atoms with E-state index < -0.39 is 17.5 Å². The predicted molar refractivity (Wildman–Crippen MR) is 110 cm³/mol. The number of carbonyl (C=O) groups excluding carboxylic acids is 3. The molecule has 2 aliphatic rings. The lowest BCUT2D eigenvalue weighted by atomic mass is 9.77. The summed E-state index contributed by atoms with van der Waals surface area (Å²) >= 11 is 1.59. The molecule has 4 rings (SSSR count). The minimum Gasteiger partial charge on any atom is -0.322 e. The molecule has 2 N–H and O–H groups in total. The van der Waals surface area contributed by atoms with Crippen molar-refractivity contribution in [2.45, 2.75) is 44.7 Å². The van der Waals surface area contributed by atoms with Crippen molar-refractivity contribution in [3.8, 4) is 0 Å². The SMILES string of the molecule is CC1CCC2(CC1)NC(=O)N(NC(=O)CN(C)Cc1nc3ccccc3s1)C2=O. The molecule has 9 heteroatoms. The van der Waals surface area contributed by atoms with Crippen molar-refractivity contribution in [1.29, 1.82) is 0 Å². The van der Waals surface area contributed by atoms with Crippen molar-refractivity contribution in [1.82, 2.24) is 25.6 Å². The molecular formula is C20H25N5O3S. The van der Waals surface area contributed by atoms with Gasteiger partial charge in [-0.25, -0.2) is 9.78 Å². The molecule has 154 valence electrons. The number of aromatic nitrogens is 1. The van der Waals surface area contributed by atoms with Crippen LogP contribution in [0.1, 0.15) is 37.6 Å². The summed E-state index contributed by atoms with van der Waals surface area (Å²) in [7, 11) is 1.81. The fraction of sp³-hybridized carbons (Fsp3) is 0.500. The summed E-state index contributed by atoms with van der Waals surface area (Å²) in [6.07, 6.45) is 3.00. The number of nitrogens with one attached hydrogen (secondary N) is 2. The average Bonchev–Trinajstić information content (AvgIpc) is 3.18. The van der Waals surface area contributed by atoms with Crippen LogP contribution in [0.15, 0.2) is 24.3 Å². The van der Waals surface area contributed by atoms with E-state index >= 15 is 0 Å². The van der Waals surface area contributed by atoms with E-state index in [1.54, 1.807) is 11.3 Å². The summed E-state index contributed by atoms with van der Waals surface area (Å²) in [5, 5.41) is 4.56. The molecule has 1 saturated carbocycles. The highest BCUT2D eigenvalue weighted by Gasteiger charge is 2.52. The molecule has 0 radical (unpaired) electrons. The van der Waals surface area contributed by atoms with Gasteiger partial charge in [0.2, 0.25) is 0 Å². The smallest absolute Gasteiger partial charge is 0.322 e. The second-order valence-electron chi connectivity index (χ2n) is 8.12. The van der Waals surface area contributed by atoms with Gasteiger partial charge in [-0.1, -0.05) is 19.1 Å². The second-order valence-corrected chi connectivity index (χ2v) is 9.23. The molecule has 1 aliphatic carbocycles. The molecule has 1 aromatic heterocycles. The van der Waals surface area contributed by atoms with Crippen molar-refractivity contribution >= 4 is 39.4 Å². The topological polar surface area (TPSA) is 94.6 Å². The summed E-state index contributed by atoms with van der Waals surface area (Å²) in [6.45, 7) is 2.71. The third kappa shape index (κ3) is 3.97. The molecule has 29 heavy (non-hydrogen) atoms. The van der Waals surface area contributed by atoms with Crippen LogP contribution in [-0.4, -0.2) is 51.9 Å². The molecule has 2 fully saturated rings. The zero-order chi connectivity index (χ0) is 20.6. The van der Waals surface area contributed by atoms with E-state index in [-0.39, 0.29) is 12.5 Å². The van der Waals surface area contributed by atoms with E-state index in [1.165, 1.54) is 0 Å². The highest BCUT2D eigenvalue weighted by atomic mass is 32.1.